The Labute approximate surface area is 137 Å². The maximum absolute atomic E-state index is 12.5. The van der Waals surface area contributed by atoms with Crippen LogP contribution >= 0.6 is 0 Å². The van der Waals surface area contributed by atoms with Gasteiger partial charge in [0.25, 0.3) is 5.91 Å². The molecular weight excluding hydrogens is 306 g/mol. The molecule has 0 fully saturated rings. The van der Waals surface area contributed by atoms with E-state index < -0.39 is 0 Å². The topological polar surface area (TPSA) is 89.7 Å². The molecule has 4 rings (SSSR count). The average molecular weight is 321 g/mol. The zero-order valence-electron chi connectivity index (χ0n) is 13.2. The lowest BCUT2D eigenvalue weighted by molar-refractivity contribution is -0.112. The van der Waals surface area contributed by atoms with Gasteiger partial charge in [-0.1, -0.05) is 0 Å². The summed E-state index contributed by atoms with van der Waals surface area (Å²) >= 11 is 0. The number of nitrogen functional groups attached to an aromatic ring is 1. The van der Waals surface area contributed by atoms with Crippen LogP contribution in [0.5, 0.6) is 11.5 Å². The minimum absolute atomic E-state index is 0.311. The minimum atomic E-state index is -0.311. The Hall–Kier alpha value is -3.28. The monoisotopic (exact) mass is 321 g/mol. The van der Waals surface area contributed by atoms with Gasteiger partial charge in [-0.25, -0.2) is 4.99 Å². The van der Waals surface area contributed by atoms with E-state index >= 15 is 0 Å². The number of ether oxygens (including phenoxy) is 2. The number of rotatable bonds is 3. The van der Waals surface area contributed by atoms with Crippen molar-refractivity contribution in [1.29, 1.82) is 0 Å². The quantitative estimate of drug-likeness (QED) is 0.756. The predicted octanol–water partition coefficient (Wildman–Crippen LogP) is 1.13. The van der Waals surface area contributed by atoms with E-state index in [2.05, 4.69) is 9.98 Å². The third-order valence-electron chi connectivity index (χ3n) is 4.19. The van der Waals surface area contributed by atoms with Crippen molar-refractivity contribution in [3.63, 3.8) is 0 Å². The summed E-state index contributed by atoms with van der Waals surface area (Å²) in [5.74, 6) is 1.46. The van der Waals surface area contributed by atoms with Gasteiger partial charge in [0.1, 0.15) is 17.3 Å². The molecule has 0 radical (unpaired) electrons. The van der Waals surface area contributed by atoms with Crippen molar-refractivity contribution in [3.8, 4) is 11.5 Å². The lowest BCUT2D eigenvalue weighted by Crippen LogP contribution is -2.23. The van der Waals surface area contributed by atoms with Crippen LogP contribution in [0.4, 0.5) is 5.82 Å². The molecule has 0 spiro atoms. The predicted molar refractivity (Wildman–Crippen MR) is 90.6 cm³/mol. The molecule has 3 N–H and O–H groups in total. The van der Waals surface area contributed by atoms with Gasteiger partial charge in [0.15, 0.2) is 0 Å². The number of carbonyl (C=O) groups is 1. The third-order valence-corrected chi connectivity index (χ3v) is 4.19. The van der Waals surface area contributed by atoms with Crippen LogP contribution in [-0.4, -0.2) is 25.1 Å². The first kappa shape index (κ1) is 14.3. The van der Waals surface area contributed by atoms with Crippen LogP contribution in [0.2, 0.25) is 0 Å². The molecule has 0 atom stereocenters. The Balaban J connectivity index is 2.11. The Morgan fingerprint density at radius 3 is 2.50 bits per heavy atom. The summed E-state index contributed by atoms with van der Waals surface area (Å²) in [6.07, 6.45) is 0. The van der Waals surface area contributed by atoms with Crippen LogP contribution in [0.3, 0.4) is 0 Å². The molecule has 0 aliphatic carbocycles. The Morgan fingerprint density at radius 1 is 1.04 bits per heavy atom. The molecule has 2 heterocycles. The molecular formula is C18H15N3O3. The van der Waals surface area contributed by atoms with Crippen LogP contribution in [0.1, 0.15) is 5.56 Å². The number of carbonyl (C=O) groups excluding carboxylic acids is 1. The van der Waals surface area contributed by atoms with E-state index in [1.807, 2.05) is 18.2 Å². The number of amides is 1. The van der Waals surface area contributed by atoms with E-state index in [1.54, 1.807) is 32.4 Å². The summed E-state index contributed by atoms with van der Waals surface area (Å²) in [5.41, 5.74) is 8.12. The summed E-state index contributed by atoms with van der Waals surface area (Å²) in [7, 11) is 3.18. The largest absolute Gasteiger partial charge is 0.497 e. The van der Waals surface area contributed by atoms with Crippen LogP contribution in [0.15, 0.2) is 41.4 Å². The van der Waals surface area contributed by atoms with E-state index in [-0.39, 0.29) is 5.91 Å². The fraction of sp³-hybridized carbons (Fsp3) is 0.111. The summed E-state index contributed by atoms with van der Waals surface area (Å²) < 4.78 is 10.6. The second-order valence-electron chi connectivity index (χ2n) is 5.50. The van der Waals surface area contributed by atoms with Crippen LogP contribution < -0.4 is 25.8 Å². The standard InChI is InChI=1S/C18H15N3O3/c1-23-9-3-5-13-11(7-9)15(17(19)20-13)16-12-8-10(24-2)4-6-14(12)21-18(16)22/h3-8,20H,19H2,1-2H3. The third kappa shape index (κ3) is 1.96. The van der Waals surface area contributed by atoms with Crippen LogP contribution in [0, 0.1) is 0 Å². The van der Waals surface area contributed by atoms with E-state index in [1.165, 1.54) is 0 Å². The van der Waals surface area contributed by atoms with Gasteiger partial charge in [-0.15, -0.1) is 0 Å². The number of aromatic nitrogens is 1. The molecule has 0 bridgehead atoms. The summed E-state index contributed by atoms with van der Waals surface area (Å²) in [4.78, 5) is 19.8. The van der Waals surface area contributed by atoms with Gasteiger partial charge in [-0.2, -0.15) is 0 Å². The molecule has 0 saturated carbocycles. The van der Waals surface area contributed by atoms with E-state index in [0.717, 1.165) is 16.1 Å². The Morgan fingerprint density at radius 2 is 1.75 bits per heavy atom. The summed E-state index contributed by atoms with van der Waals surface area (Å²) in [6.45, 7) is 0. The summed E-state index contributed by atoms with van der Waals surface area (Å²) in [5, 5.41) is 2.16. The number of hydrogen-bond donors (Lipinski definition) is 2. The van der Waals surface area contributed by atoms with Crippen molar-refractivity contribution < 1.29 is 14.3 Å². The Kier molecular flexibility index (Phi) is 3.06. The second-order valence-corrected chi connectivity index (χ2v) is 5.50. The van der Waals surface area contributed by atoms with Gasteiger partial charge in [0.2, 0.25) is 0 Å². The molecule has 6 nitrogen and oxygen atoms in total. The van der Waals surface area contributed by atoms with Crippen molar-refractivity contribution >= 4 is 28.2 Å². The highest BCUT2D eigenvalue weighted by Gasteiger charge is 2.24. The fourth-order valence-corrected chi connectivity index (χ4v) is 3.05. The molecule has 1 aliphatic heterocycles. The number of nitrogens with two attached hydrogens (primary N) is 1. The van der Waals surface area contributed by atoms with Crippen molar-refractivity contribution in [2.45, 2.75) is 0 Å². The normalized spacial score (nSPS) is 13.1. The molecule has 120 valence electrons. The lowest BCUT2D eigenvalue weighted by atomic mass is 10.0. The molecule has 2 aromatic carbocycles. The number of hydrogen-bond acceptors (Lipinski definition) is 4. The number of benzene rings is 2. The lowest BCUT2D eigenvalue weighted by Gasteiger charge is -2.03. The molecule has 1 amide bonds. The number of anilines is 1. The SMILES string of the molecule is COc1ccc2c(c1)=C(c1c(N)[nH]c3ccc(OC)cc13)C(=O)N=2. The van der Waals surface area contributed by atoms with Crippen molar-refractivity contribution in [1.82, 2.24) is 4.98 Å². The van der Waals surface area contributed by atoms with E-state index in [0.29, 0.717) is 33.8 Å². The first-order valence-electron chi connectivity index (χ1n) is 7.39. The van der Waals surface area contributed by atoms with Crippen molar-refractivity contribution in [3.05, 3.63) is 52.5 Å². The number of aromatic amines is 1. The van der Waals surface area contributed by atoms with Crippen LogP contribution in [-0.2, 0) is 4.79 Å². The maximum atomic E-state index is 12.5. The highest BCUT2D eigenvalue weighted by atomic mass is 16.5. The average Bonchev–Trinajstić information content (AvgIpc) is 3.08. The van der Waals surface area contributed by atoms with E-state index in [9.17, 15) is 4.79 Å². The molecule has 1 aliphatic rings. The highest BCUT2D eigenvalue weighted by Crippen LogP contribution is 2.33. The molecule has 3 aromatic rings. The summed E-state index contributed by atoms with van der Waals surface area (Å²) in [6, 6.07) is 10.9. The molecule has 24 heavy (non-hydrogen) atoms. The minimum Gasteiger partial charge on any atom is -0.497 e. The van der Waals surface area contributed by atoms with E-state index in [4.69, 9.17) is 15.2 Å². The van der Waals surface area contributed by atoms with Crippen LogP contribution in [0.25, 0.3) is 16.5 Å². The van der Waals surface area contributed by atoms with Crippen molar-refractivity contribution in [2.75, 3.05) is 20.0 Å². The van der Waals surface area contributed by atoms with Gasteiger partial charge in [-0.3, -0.25) is 4.79 Å². The first-order chi connectivity index (χ1) is 11.6. The fourth-order valence-electron chi connectivity index (χ4n) is 3.05. The number of nitrogens with one attached hydrogen (secondary N) is 1. The number of fused-ring (bicyclic) bond motifs is 2. The molecule has 1 aromatic heterocycles. The van der Waals surface area contributed by atoms with Crippen molar-refractivity contribution in [2.24, 2.45) is 4.99 Å². The molecule has 6 heteroatoms. The second kappa shape index (κ2) is 5.13. The smallest absolute Gasteiger partial charge is 0.279 e. The molecule has 0 unspecified atom stereocenters. The van der Waals surface area contributed by atoms with Gasteiger partial charge < -0.3 is 20.2 Å². The highest BCUT2D eigenvalue weighted by molar-refractivity contribution is 6.25. The Bertz CT molecular complexity index is 1110. The zero-order chi connectivity index (χ0) is 16.8. The van der Waals surface area contributed by atoms with Gasteiger partial charge >= 0.3 is 0 Å². The van der Waals surface area contributed by atoms with Gasteiger partial charge in [-0.05, 0) is 36.4 Å². The maximum Gasteiger partial charge on any atom is 0.279 e. The van der Waals surface area contributed by atoms with Gasteiger partial charge in [0.05, 0.1) is 25.1 Å². The number of nitrogens with zero attached hydrogens (tertiary/aromatic N) is 1. The number of H-pyrrole nitrogens is 1. The first-order valence-corrected chi connectivity index (χ1v) is 7.39. The van der Waals surface area contributed by atoms with Gasteiger partial charge in [0, 0.05) is 21.7 Å². The number of methoxy groups -OCH3 is 2. The zero-order valence-corrected chi connectivity index (χ0v) is 13.2. The molecule has 0 saturated heterocycles.